The van der Waals surface area contributed by atoms with Gasteiger partial charge in [0.25, 0.3) is 11.8 Å². The maximum atomic E-state index is 12.8. The number of nitrogens with one attached hydrogen (secondary N) is 1. The van der Waals surface area contributed by atoms with Crippen LogP contribution in [0.25, 0.3) is 0 Å². The molecule has 0 unspecified atom stereocenters. The largest absolute Gasteiger partial charge is 1.00 e. The van der Waals surface area contributed by atoms with E-state index in [1.807, 2.05) is 11.6 Å². The van der Waals surface area contributed by atoms with Crippen molar-refractivity contribution in [1.29, 1.82) is 0 Å². The number of rotatable bonds is 9. The summed E-state index contributed by atoms with van der Waals surface area (Å²) < 4.78 is 0.970. The monoisotopic (exact) mass is 580 g/mol. The average molecular weight is 581 g/mol. The minimum Gasteiger partial charge on any atom is -0.543 e. The molecule has 11 nitrogen and oxygen atoms in total. The van der Waals surface area contributed by atoms with E-state index in [0.29, 0.717) is 22.8 Å². The first kappa shape index (κ1) is 28.3. The Kier molecular flexibility index (Phi) is 9.96. The Morgan fingerprint density at radius 3 is 2.74 bits per heavy atom. The zero-order valence-electron chi connectivity index (χ0n) is 18.4. The molecule has 2 aromatic rings. The van der Waals surface area contributed by atoms with E-state index in [1.165, 1.54) is 28.9 Å². The van der Waals surface area contributed by atoms with Gasteiger partial charge >= 0.3 is 29.6 Å². The molecule has 180 valence electrons. The first-order valence-electron chi connectivity index (χ1n) is 9.58. The molecule has 0 aromatic carbocycles. The van der Waals surface area contributed by atoms with E-state index < -0.39 is 34.9 Å². The van der Waals surface area contributed by atoms with Crippen LogP contribution >= 0.6 is 58.0 Å². The normalized spacial score (nSPS) is 19.6. The Bertz CT molecular complexity index is 1200. The number of oxime groups is 1. The van der Waals surface area contributed by atoms with E-state index in [0.717, 1.165) is 26.3 Å². The molecule has 35 heavy (non-hydrogen) atoms. The molecule has 0 radical (unpaired) electrons. The number of carboxylic acid groups (broad SMARTS) is 1. The van der Waals surface area contributed by atoms with Gasteiger partial charge < -0.3 is 26.2 Å². The molecular weight excluding hydrogens is 564 g/mol. The zero-order valence-corrected chi connectivity index (χ0v) is 24.5. The molecule has 0 saturated carbocycles. The smallest absolute Gasteiger partial charge is 0.543 e. The molecule has 4 rings (SSSR count). The van der Waals surface area contributed by atoms with Crippen molar-refractivity contribution < 1.29 is 54.3 Å². The molecule has 2 aliphatic rings. The van der Waals surface area contributed by atoms with Gasteiger partial charge in [0.2, 0.25) is 0 Å². The minimum absolute atomic E-state index is 0. The number of thioether (sulfide) groups is 3. The van der Waals surface area contributed by atoms with Gasteiger partial charge in [0.1, 0.15) is 21.4 Å². The Labute approximate surface area is 242 Å². The van der Waals surface area contributed by atoms with Gasteiger partial charge in [0.15, 0.2) is 10.8 Å². The second-order valence-electron chi connectivity index (χ2n) is 6.85. The number of anilines is 1. The summed E-state index contributed by atoms with van der Waals surface area (Å²) in [4.78, 5) is 47.3. The average Bonchev–Trinajstić information content (AvgIpc) is 3.46. The summed E-state index contributed by atoms with van der Waals surface area (Å²) in [7, 11) is 0. The molecule has 0 bridgehead atoms. The number of hydrogen-bond acceptors (Lipinski definition) is 14. The SMILES string of the molecule is CSc1nc(CCSC2=C(C(=O)[O-])N3C(=O)[C@@H](NC(=O)/C(=N\O)c4csc(N)n4)[C@H]3SC2)cs1.[Na+]. The van der Waals surface area contributed by atoms with Gasteiger partial charge in [-0.3, -0.25) is 14.5 Å². The molecule has 1 saturated heterocycles. The summed E-state index contributed by atoms with van der Waals surface area (Å²) in [5.74, 6) is -1.89. The van der Waals surface area contributed by atoms with E-state index in [9.17, 15) is 24.7 Å². The fraction of sp³-hybridized carbons (Fsp3) is 0.333. The fourth-order valence-corrected chi connectivity index (χ4v) is 7.76. The number of aryl methyl sites for hydroxylation is 1. The number of β-lactam (4-membered cyclic amide) rings is 1. The van der Waals surface area contributed by atoms with Crippen LogP contribution in [0.3, 0.4) is 0 Å². The predicted molar refractivity (Wildman–Crippen MR) is 132 cm³/mol. The molecule has 2 atom stereocenters. The van der Waals surface area contributed by atoms with Crippen LogP contribution in [0.5, 0.6) is 0 Å². The molecule has 4 heterocycles. The first-order valence-corrected chi connectivity index (χ1v) is 14.6. The van der Waals surface area contributed by atoms with Crippen LogP contribution in [0, 0.1) is 0 Å². The van der Waals surface area contributed by atoms with Gasteiger partial charge in [0.05, 0.1) is 17.4 Å². The third-order valence-electron chi connectivity index (χ3n) is 4.83. The number of aromatic nitrogens is 2. The number of nitrogens with zero attached hydrogens (tertiary/aromatic N) is 4. The van der Waals surface area contributed by atoms with E-state index >= 15 is 0 Å². The fourth-order valence-electron chi connectivity index (χ4n) is 3.29. The maximum absolute atomic E-state index is 12.8. The van der Waals surface area contributed by atoms with Crippen molar-refractivity contribution in [2.75, 3.05) is 23.5 Å². The van der Waals surface area contributed by atoms with Crippen molar-refractivity contribution in [2.45, 2.75) is 22.2 Å². The van der Waals surface area contributed by atoms with Crippen LogP contribution in [0.4, 0.5) is 5.13 Å². The predicted octanol–water partition coefficient (Wildman–Crippen LogP) is -2.58. The van der Waals surface area contributed by atoms with Gasteiger partial charge in [-0.2, -0.15) is 0 Å². The zero-order chi connectivity index (χ0) is 24.4. The van der Waals surface area contributed by atoms with Crippen molar-refractivity contribution in [1.82, 2.24) is 20.2 Å². The van der Waals surface area contributed by atoms with E-state index in [1.54, 1.807) is 23.1 Å². The van der Waals surface area contributed by atoms with Gasteiger partial charge in [-0.15, -0.1) is 46.2 Å². The number of nitrogens with two attached hydrogens (primary N) is 1. The molecule has 2 aliphatic heterocycles. The molecule has 2 amide bonds. The minimum atomic E-state index is -1.44. The number of fused-ring (bicyclic) bond motifs is 1. The third kappa shape index (κ3) is 6.01. The summed E-state index contributed by atoms with van der Waals surface area (Å²) in [6, 6.07) is -0.980. The van der Waals surface area contributed by atoms with Gasteiger partial charge in [-0.1, -0.05) is 16.9 Å². The van der Waals surface area contributed by atoms with E-state index in [2.05, 4.69) is 20.4 Å². The van der Waals surface area contributed by atoms with Crippen LogP contribution in [0.1, 0.15) is 11.4 Å². The summed E-state index contributed by atoms with van der Waals surface area (Å²) in [5.41, 5.74) is 6.00. The molecular formula is C18H17N6NaO5S5. The molecule has 0 aliphatic carbocycles. The van der Waals surface area contributed by atoms with Crippen molar-refractivity contribution >= 4 is 86.6 Å². The van der Waals surface area contributed by atoms with Crippen LogP contribution in [-0.4, -0.2) is 72.7 Å². The number of hydrogen-bond donors (Lipinski definition) is 3. The number of carbonyl (C=O) groups excluding carboxylic acids is 3. The van der Waals surface area contributed by atoms with Crippen LogP contribution < -0.4 is 45.7 Å². The van der Waals surface area contributed by atoms with Gasteiger partial charge in [0, 0.05) is 27.2 Å². The third-order valence-corrected chi connectivity index (χ3v) is 9.98. The summed E-state index contributed by atoms with van der Waals surface area (Å²) >= 11 is 6.88. The Hall–Kier alpha value is -1.27. The van der Waals surface area contributed by atoms with Gasteiger partial charge in [-0.05, 0) is 12.7 Å². The molecule has 2 aromatic heterocycles. The second-order valence-corrected chi connectivity index (χ2v) is 11.9. The number of carbonyl (C=O) groups is 3. The maximum Gasteiger partial charge on any atom is 1.00 e. The molecule has 4 N–H and O–H groups in total. The van der Waals surface area contributed by atoms with Crippen molar-refractivity contribution in [3.05, 3.63) is 32.8 Å². The molecule has 1 fully saturated rings. The Morgan fingerprint density at radius 2 is 2.14 bits per heavy atom. The summed E-state index contributed by atoms with van der Waals surface area (Å²) in [5, 5.41) is 29.6. The summed E-state index contributed by atoms with van der Waals surface area (Å²) in [6.07, 6.45) is 2.62. The van der Waals surface area contributed by atoms with E-state index in [-0.39, 0.29) is 46.1 Å². The molecule has 0 spiro atoms. The van der Waals surface area contributed by atoms with Crippen molar-refractivity contribution in [3.63, 3.8) is 0 Å². The van der Waals surface area contributed by atoms with Crippen LogP contribution in [-0.2, 0) is 20.8 Å². The second kappa shape index (κ2) is 12.3. The number of nitrogen functional groups attached to an aromatic ring is 1. The standard InChI is InChI=1S/C18H18N6O5S5.Na/c1-30-18-20-7(4-34-18)2-3-31-9-6-32-15-11(14(26)24(15)12(9)16(27)28)22-13(25)10(23-29)8-5-33-17(19)21-8;/h4-5,11,15,29H,2-3,6H2,1H3,(H2,19,21)(H,22,25)(H,27,28);/q;+1/p-1/b23-10-;/t11-,15-;/m1./s1. The van der Waals surface area contributed by atoms with E-state index in [4.69, 9.17) is 5.73 Å². The van der Waals surface area contributed by atoms with Gasteiger partial charge in [-0.25, -0.2) is 9.97 Å². The Morgan fingerprint density at radius 1 is 1.37 bits per heavy atom. The van der Waals surface area contributed by atoms with Crippen LogP contribution in [0.2, 0.25) is 0 Å². The quantitative estimate of drug-likeness (QED) is 0.0710. The number of thiazole rings is 2. The Balaban J connectivity index is 0.00000342. The van der Waals surface area contributed by atoms with Crippen molar-refractivity contribution in [2.24, 2.45) is 5.16 Å². The first-order chi connectivity index (χ1) is 16.3. The number of amides is 2. The topological polar surface area (TPSA) is 174 Å². The van der Waals surface area contributed by atoms with Crippen molar-refractivity contribution in [3.8, 4) is 0 Å². The van der Waals surface area contributed by atoms with Crippen LogP contribution in [0.15, 0.2) is 30.9 Å². The number of carboxylic acids is 1. The summed E-state index contributed by atoms with van der Waals surface area (Å²) in [6.45, 7) is 0. The molecule has 17 heteroatoms. The number of aliphatic carboxylic acids is 1.